The molecule has 1 amide bonds. The minimum absolute atomic E-state index is 0.0480. The average Bonchev–Trinajstić information content (AvgIpc) is 3.05. The number of aryl methyl sites for hydroxylation is 1. The van der Waals surface area contributed by atoms with Crippen LogP contribution in [0.15, 0.2) is 29.6 Å². The maximum absolute atomic E-state index is 12.4. The van der Waals surface area contributed by atoms with Gasteiger partial charge in [-0.05, 0) is 59.9 Å². The second-order valence-corrected chi connectivity index (χ2v) is 7.91. The highest BCUT2D eigenvalue weighted by Crippen LogP contribution is 2.34. The van der Waals surface area contributed by atoms with Crippen molar-refractivity contribution in [2.75, 3.05) is 19.7 Å². The Labute approximate surface area is 148 Å². The molecule has 0 radical (unpaired) electrons. The fourth-order valence-corrected chi connectivity index (χ4v) is 4.67. The van der Waals surface area contributed by atoms with E-state index < -0.39 is 0 Å². The van der Waals surface area contributed by atoms with Gasteiger partial charge in [0, 0.05) is 30.8 Å². The molecule has 0 unspecified atom stereocenters. The summed E-state index contributed by atoms with van der Waals surface area (Å²) in [6.45, 7) is 3.98. The van der Waals surface area contributed by atoms with E-state index in [0.717, 1.165) is 45.2 Å². The molecule has 0 bridgehead atoms. The maximum Gasteiger partial charge on any atom is 0.222 e. The van der Waals surface area contributed by atoms with Gasteiger partial charge in [0.2, 0.25) is 5.91 Å². The Bertz CT molecular complexity index is 680. The number of aliphatic hydroxyl groups excluding tert-OH is 1. The largest absolute Gasteiger partial charge is 0.396 e. The van der Waals surface area contributed by atoms with E-state index in [1.54, 1.807) is 11.3 Å². The summed E-state index contributed by atoms with van der Waals surface area (Å²) >= 11 is 1.79. The molecular formula is C20H27NO2S. The molecule has 1 N–H and O–H groups in total. The molecular weight excluding hydrogens is 318 g/mol. The van der Waals surface area contributed by atoms with Crippen molar-refractivity contribution in [1.29, 1.82) is 0 Å². The number of amides is 1. The summed E-state index contributed by atoms with van der Waals surface area (Å²) in [7, 11) is 0. The summed E-state index contributed by atoms with van der Waals surface area (Å²) in [5.74, 6) is 0.275. The number of thiophene rings is 1. The minimum Gasteiger partial charge on any atom is -0.396 e. The molecule has 1 saturated heterocycles. The molecule has 0 atom stereocenters. The van der Waals surface area contributed by atoms with Crippen LogP contribution in [0.25, 0.3) is 10.1 Å². The number of piperidine rings is 1. The van der Waals surface area contributed by atoms with Crippen LogP contribution >= 0.6 is 11.3 Å². The molecule has 4 heteroatoms. The molecule has 130 valence electrons. The number of carbonyl (C=O) groups is 1. The second kappa shape index (κ2) is 7.66. The summed E-state index contributed by atoms with van der Waals surface area (Å²) < 4.78 is 1.33. The highest BCUT2D eigenvalue weighted by atomic mass is 32.1. The van der Waals surface area contributed by atoms with Gasteiger partial charge in [-0.15, -0.1) is 11.3 Å². The first-order valence-corrected chi connectivity index (χ1v) is 9.89. The van der Waals surface area contributed by atoms with Crippen LogP contribution in [-0.4, -0.2) is 35.6 Å². The molecule has 0 aliphatic carbocycles. The highest BCUT2D eigenvalue weighted by molar-refractivity contribution is 7.17. The number of likely N-dealkylation sites (tertiary alicyclic amines) is 1. The SMILES string of the molecule is CCC1(CO)CCN(C(=O)CCCc2csc3ccccc23)CC1. The number of hydrogen-bond acceptors (Lipinski definition) is 3. The second-order valence-electron chi connectivity index (χ2n) is 7.00. The summed E-state index contributed by atoms with van der Waals surface area (Å²) in [5.41, 5.74) is 1.42. The molecule has 1 fully saturated rings. The molecule has 3 rings (SSSR count). The lowest BCUT2D eigenvalue weighted by molar-refractivity contribution is -0.134. The van der Waals surface area contributed by atoms with E-state index in [0.29, 0.717) is 6.42 Å². The van der Waals surface area contributed by atoms with Gasteiger partial charge in [-0.25, -0.2) is 0 Å². The van der Waals surface area contributed by atoms with E-state index >= 15 is 0 Å². The van der Waals surface area contributed by atoms with Crippen molar-refractivity contribution in [3.8, 4) is 0 Å². The number of fused-ring (bicyclic) bond motifs is 1. The lowest BCUT2D eigenvalue weighted by Crippen LogP contribution is -2.44. The average molecular weight is 346 g/mol. The highest BCUT2D eigenvalue weighted by Gasteiger charge is 2.33. The minimum atomic E-state index is 0.0480. The van der Waals surface area contributed by atoms with E-state index in [1.807, 2.05) is 4.90 Å². The van der Waals surface area contributed by atoms with Gasteiger partial charge in [0.15, 0.2) is 0 Å². The lowest BCUT2D eigenvalue weighted by atomic mass is 9.77. The molecule has 3 nitrogen and oxygen atoms in total. The van der Waals surface area contributed by atoms with Gasteiger partial charge < -0.3 is 10.0 Å². The Hall–Kier alpha value is -1.39. The summed E-state index contributed by atoms with van der Waals surface area (Å²) in [6, 6.07) is 8.49. The molecule has 1 aliphatic rings. The van der Waals surface area contributed by atoms with Crippen LogP contribution in [-0.2, 0) is 11.2 Å². The molecule has 0 saturated carbocycles. The third-order valence-corrected chi connectivity index (χ3v) is 6.67. The van der Waals surface area contributed by atoms with Crippen LogP contribution in [0.3, 0.4) is 0 Å². The van der Waals surface area contributed by atoms with E-state index in [1.165, 1.54) is 15.6 Å². The van der Waals surface area contributed by atoms with Gasteiger partial charge in [-0.1, -0.05) is 25.1 Å². The lowest BCUT2D eigenvalue weighted by Gasteiger charge is -2.40. The quantitative estimate of drug-likeness (QED) is 0.851. The molecule has 0 spiro atoms. The molecule has 24 heavy (non-hydrogen) atoms. The van der Waals surface area contributed by atoms with Gasteiger partial charge in [0.25, 0.3) is 0 Å². The number of nitrogens with zero attached hydrogens (tertiary/aromatic N) is 1. The summed E-state index contributed by atoms with van der Waals surface area (Å²) in [6.07, 6.45) is 5.37. The van der Waals surface area contributed by atoms with Crippen LogP contribution < -0.4 is 0 Å². The van der Waals surface area contributed by atoms with Crippen LogP contribution in [0, 0.1) is 5.41 Å². The van der Waals surface area contributed by atoms with Crippen molar-refractivity contribution in [2.24, 2.45) is 5.41 Å². The van der Waals surface area contributed by atoms with E-state index in [9.17, 15) is 9.90 Å². The monoisotopic (exact) mass is 345 g/mol. The van der Waals surface area contributed by atoms with E-state index in [4.69, 9.17) is 0 Å². The molecule has 1 aliphatic heterocycles. The first kappa shape index (κ1) is 17.4. The van der Waals surface area contributed by atoms with Crippen LogP contribution in [0.4, 0.5) is 0 Å². The van der Waals surface area contributed by atoms with Crippen molar-refractivity contribution in [1.82, 2.24) is 4.90 Å². The number of benzene rings is 1. The Morgan fingerprint density at radius 2 is 2.04 bits per heavy atom. The van der Waals surface area contributed by atoms with Gasteiger partial charge in [-0.2, -0.15) is 0 Å². The maximum atomic E-state index is 12.4. The molecule has 1 aromatic carbocycles. The van der Waals surface area contributed by atoms with Crippen molar-refractivity contribution in [3.05, 3.63) is 35.2 Å². The Morgan fingerprint density at radius 1 is 1.29 bits per heavy atom. The van der Waals surface area contributed by atoms with Gasteiger partial charge in [0.1, 0.15) is 0 Å². The Morgan fingerprint density at radius 3 is 2.75 bits per heavy atom. The fourth-order valence-electron chi connectivity index (χ4n) is 3.67. The number of hydrogen-bond donors (Lipinski definition) is 1. The topological polar surface area (TPSA) is 40.5 Å². The van der Waals surface area contributed by atoms with Crippen molar-refractivity contribution >= 4 is 27.3 Å². The van der Waals surface area contributed by atoms with E-state index in [2.05, 4.69) is 36.6 Å². The predicted octanol–water partition coefficient (Wildman–Crippen LogP) is 4.24. The van der Waals surface area contributed by atoms with Gasteiger partial charge in [-0.3, -0.25) is 4.79 Å². The van der Waals surface area contributed by atoms with Crippen LogP contribution in [0.2, 0.25) is 0 Å². The Kier molecular flexibility index (Phi) is 5.57. The zero-order valence-corrected chi connectivity index (χ0v) is 15.3. The number of rotatable bonds is 6. The number of aliphatic hydroxyl groups is 1. The van der Waals surface area contributed by atoms with Crippen LogP contribution in [0.5, 0.6) is 0 Å². The predicted molar refractivity (Wildman–Crippen MR) is 100 cm³/mol. The third kappa shape index (κ3) is 3.65. The fraction of sp³-hybridized carbons (Fsp3) is 0.550. The zero-order chi connectivity index (χ0) is 17.0. The normalized spacial score (nSPS) is 17.3. The van der Waals surface area contributed by atoms with Crippen LogP contribution in [0.1, 0.15) is 44.6 Å². The first-order valence-electron chi connectivity index (χ1n) is 9.01. The van der Waals surface area contributed by atoms with Crippen molar-refractivity contribution < 1.29 is 9.90 Å². The molecule has 2 heterocycles. The Balaban J connectivity index is 1.48. The zero-order valence-electron chi connectivity index (χ0n) is 14.5. The molecule has 2 aromatic rings. The summed E-state index contributed by atoms with van der Waals surface area (Å²) in [5, 5.41) is 13.2. The van der Waals surface area contributed by atoms with E-state index in [-0.39, 0.29) is 17.9 Å². The smallest absolute Gasteiger partial charge is 0.222 e. The van der Waals surface area contributed by atoms with Gasteiger partial charge in [0.05, 0.1) is 0 Å². The van der Waals surface area contributed by atoms with Gasteiger partial charge >= 0.3 is 0 Å². The van der Waals surface area contributed by atoms with Crippen molar-refractivity contribution in [3.63, 3.8) is 0 Å². The standard InChI is InChI=1S/C20H27NO2S/c1-2-20(15-22)10-12-21(13-11-20)19(23)9-5-6-16-14-24-18-8-4-3-7-17(16)18/h3-4,7-8,14,22H,2,5-6,9-13,15H2,1H3. The number of carbonyl (C=O) groups excluding carboxylic acids is 1. The third-order valence-electron chi connectivity index (χ3n) is 5.66. The molecule has 1 aromatic heterocycles. The van der Waals surface area contributed by atoms with Crippen molar-refractivity contribution in [2.45, 2.75) is 45.4 Å². The first-order chi connectivity index (χ1) is 11.7. The summed E-state index contributed by atoms with van der Waals surface area (Å²) in [4.78, 5) is 14.4.